The molecule has 1 atom stereocenters. The third kappa shape index (κ3) is 1.73. The van der Waals surface area contributed by atoms with E-state index in [1.165, 1.54) is 24.8 Å². The van der Waals surface area contributed by atoms with Crippen LogP contribution >= 0.6 is 0 Å². The first kappa shape index (κ1) is 7.59. The summed E-state index contributed by atoms with van der Waals surface area (Å²) in [5.74, 6) is 0.515. The normalized spacial score (nSPS) is 26.5. The third-order valence-corrected chi connectivity index (χ3v) is 2.14. The minimum Gasteiger partial charge on any atom is -0.0998 e. The van der Waals surface area contributed by atoms with Gasteiger partial charge in [-0.25, -0.2) is 0 Å². The van der Waals surface area contributed by atoms with Crippen molar-refractivity contribution in [2.75, 3.05) is 0 Å². The van der Waals surface area contributed by atoms with Gasteiger partial charge in [0.25, 0.3) is 0 Å². The number of rotatable bonds is 1. The Balaban J connectivity index is 2.47. The topological polar surface area (TPSA) is 0 Å². The van der Waals surface area contributed by atoms with Crippen LogP contribution in [0.4, 0.5) is 0 Å². The van der Waals surface area contributed by atoms with E-state index in [1.54, 1.807) is 0 Å². The number of allylic oxidation sites excluding steroid dienone is 2. The van der Waals surface area contributed by atoms with Gasteiger partial charge in [0, 0.05) is 0 Å². The van der Waals surface area contributed by atoms with Crippen molar-refractivity contribution in [2.45, 2.75) is 25.7 Å². The molecule has 0 aromatic carbocycles. The van der Waals surface area contributed by atoms with Crippen LogP contribution in [0.5, 0.6) is 0 Å². The first-order valence-corrected chi connectivity index (χ1v) is 3.81. The second-order valence-electron chi connectivity index (χ2n) is 3.12. The Morgan fingerprint density at radius 2 is 2.30 bits per heavy atom. The van der Waals surface area contributed by atoms with E-state index in [0.717, 1.165) is 12.0 Å². The standard InChI is InChI=1S/C10H14/c1-8(2)10-6-4-5-9(3)7-10/h1,10H,2-7H2. The molecule has 0 heteroatoms. The molecular weight excluding hydrogens is 120 g/mol. The van der Waals surface area contributed by atoms with Crippen LogP contribution in [0.1, 0.15) is 25.7 Å². The Morgan fingerprint density at radius 3 is 2.70 bits per heavy atom. The van der Waals surface area contributed by atoms with Crippen molar-refractivity contribution in [3.63, 3.8) is 0 Å². The molecule has 0 saturated heterocycles. The van der Waals surface area contributed by atoms with Gasteiger partial charge in [-0.3, -0.25) is 0 Å². The van der Waals surface area contributed by atoms with Gasteiger partial charge in [-0.15, -0.1) is 0 Å². The van der Waals surface area contributed by atoms with Crippen molar-refractivity contribution >= 4 is 0 Å². The highest BCUT2D eigenvalue weighted by atomic mass is 14.2. The summed E-state index contributed by atoms with van der Waals surface area (Å²) in [4.78, 5) is 0. The lowest BCUT2D eigenvalue weighted by Gasteiger charge is -2.23. The van der Waals surface area contributed by atoms with Crippen LogP contribution in [0.3, 0.4) is 0 Å². The quantitative estimate of drug-likeness (QED) is 0.483. The van der Waals surface area contributed by atoms with Crippen LogP contribution in [0.2, 0.25) is 0 Å². The highest BCUT2D eigenvalue weighted by Crippen LogP contribution is 2.30. The van der Waals surface area contributed by atoms with E-state index in [4.69, 9.17) is 6.92 Å². The van der Waals surface area contributed by atoms with Crippen LogP contribution in [0.25, 0.3) is 0 Å². The first-order valence-electron chi connectivity index (χ1n) is 3.81. The predicted octanol–water partition coefficient (Wildman–Crippen LogP) is 3.00. The largest absolute Gasteiger partial charge is 0.0998 e. The molecule has 1 fully saturated rings. The van der Waals surface area contributed by atoms with Gasteiger partial charge in [0.2, 0.25) is 0 Å². The minimum absolute atomic E-state index is 0.515. The Hall–Kier alpha value is -0.520. The van der Waals surface area contributed by atoms with Gasteiger partial charge >= 0.3 is 0 Å². The van der Waals surface area contributed by atoms with E-state index in [0.29, 0.717) is 5.92 Å². The molecule has 1 aliphatic rings. The molecule has 0 aliphatic heterocycles. The lowest BCUT2D eigenvalue weighted by molar-refractivity contribution is 0.482. The predicted molar refractivity (Wildman–Crippen MR) is 44.5 cm³/mol. The fourth-order valence-electron chi connectivity index (χ4n) is 1.47. The molecule has 0 bridgehead atoms. The molecule has 0 heterocycles. The summed E-state index contributed by atoms with van der Waals surface area (Å²) in [6.07, 6.45) is 4.69. The molecule has 1 rings (SSSR count). The highest BCUT2D eigenvalue weighted by molar-refractivity contribution is 5.12. The first-order chi connectivity index (χ1) is 4.70. The zero-order valence-electron chi connectivity index (χ0n) is 6.40. The molecule has 0 spiro atoms. The molecule has 0 aromatic rings. The molecular formula is C10H14. The van der Waals surface area contributed by atoms with Crippen molar-refractivity contribution in [2.24, 2.45) is 5.92 Å². The summed E-state index contributed by atoms with van der Waals surface area (Å²) in [6.45, 7) is 13.3. The maximum Gasteiger partial charge on any atom is -0.00598 e. The molecule has 10 heavy (non-hydrogen) atoms. The average Bonchev–Trinajstić information content (AvgIpc) is 1.88. The van der Waals surface area contributed by atoms with Crippen molar-refractivity contribution in [1.29, 1.82) is 0 Å². The summed E-state index contributed by atoms with van der Waals surface area (Å²) in [6, 6.07) is 0. The Bertz CT molecular complexity index is 151. The lowest BCUT2D eigenvalue weighted by Crippen LogP contribution is -2.08. The molecule has 1 unspecified atom stereocenters. The Morgan fingerprint density at radius 1 is 1.60 bits per heavy atom. The van der Waals surface area contributed by atoms with Crippen LogP contribution < -0.4 is 0 Å². The van der Waals surface area contributed by atoms with Crippen molar-refractivity contribution in [3.05, 3.63) is 31.2 Å². The second-order valence-corrected chi connectivity index (χ2v) is 3.12. The van der Waals surface area contributed by atoms with Crippen molar-refractivity contribution in [3.8, 4) is 0 Å². The lowest BCUT2D eigenvalue weighted by atomic mass is 9.83. The van der Waals surface area contributed by atoms with Gasteiger partial charge in [-0.1, -0.05) is 24.3 Å². The van der Waals surface area contributed by atoms with E-state index in [9.17, 15) is 0 Å². The van der Waals surface area contributed by atoms with Gasteiger partial charge in [-0.2, -0.15) is 0 Å². The summed E-state index contributed by atoms with van der Waals surface area (Å²) < 4.78 is 0. The number of hydrogen-bond acceptors (Lipinski definition) is 0. The van der Waals surface area contributed by atoms with E-state index in [1.807, 2.05) is 0 Å². The monoisotopic (exact) mass is 134 g/mol. The fourth-order valence-corrected chi connectivity index (χ4v) is 1.47. The summed E-state index contributed by atoms with van der Waals surface area (Å²) in [7, 11) is 0. The molecule has 2 radical (unpaired) electrons. The SMILES string of the molecule is [CH]C(=C)C1CCCC(=C)C1. The van der Waals surface area contributed by atoms with Gasteiger partial charge in [0.1, 0.15) is 0 Å². The Labute approximate surface area is 63.6 Å². The summed E-state index contributed by atoms with van der Waals surface area (Å²) >= 11 is 0. The zero-order valence-corrected chi connectivity index (χ0v) is 6.40. The van der Waals surface area contributed by atoms with Gasteiger partial charge in [0.05, 0.1) is 0 Å². The molecule has 1 saturated carbocycles. The van der Waals surface area contributed by atoms with Crippen LogP contribution in [-0.2, 0) is 0 Å². The van der Waals surface area contributed by atoms with Gasteiger partial charge in [0.15, 0.2) is 0 Å². The average molecular weight is 134 g/mol. The molecule has 1 aliphatic carbocycles. The van der Waals surface area contributed by atoms with E-state index < -0.39 is 0 Å². The highest BCUT2D eigenvalue weighted by Gasteiger charge is 2.15. The smallest absolute Gasteiger partial charge is 0.00598 e. The van der Waals surface area contributed by atoms with E-state index >= 15 is 0 Å². The van der Waals surface area contributed by atoms with Crippen LogP contribution in [0.15, 0.2) is 24.3 Å². The maximum absolute atomic E-state index is 5.59. The second kappa shape index (κ2) is 3.05. The van der Waals surface area contributed by atoms with Crippen LogP contribution in [-0.4, -0.2) is 0 Å². The zero-order chi connectivity index (χ0) is 7.56. The van der Waals surface area contributed by atoms with Crippen molar-refractivity contribution < 1.29 is 0 Å². The maximum atomic E-state index is 5.59. The number of hydrogen-bond donors (Lipinski definition) is 0. The van der Waals surface area contributed by atoms with Gasteiger partial charge in [-0.05, 0) is 38.5 Å². The van der Waals surface area contributed by atoms with Crippen LogP contribution in [0, 0.1) is 12.8 Å². The summed E-state index contributed by atoms with van der Waals surface area (Å²) in [5.41, 5.74) is 2.17. The minimum atomic E-state index is 0.515. The molecule has 54 valence electrons. The van der Waals surface area contributed by atoms with Crippen molar-refractivity contribution in [1.82, 2.24) is 0 Å². The fraction of sp³-hybridized carbons (Fsp3) is 0.500. The Kier molecular flexibility index (Phi) is 2.31. The molecule has 0 aromatic heterocycles. The molecule has 0 nitrogen and oxygen atoms in total. The van der Waals surface area contributed by atoms with E-state index in [-0.39, 0.29) is 0 Å². The van der Waals surface area contributed by atoms with Gasteiger partial charge < -0.3 is 0 Å². The molecule has 0 amide bonds. The molecule has 0 N–H and O–H groups in total. The third-order valence-electron chi connectivity index (χ3n) is 2.14. The summed E-state index contributed by atoms with van der Waals surface area (Å²) in [5, 5.41) is 0. The van der Waals surface area contributed by atoms with E-state index in [2.05, 4.69) is 13.2 Å².